The SMILES string of the molecule is O=c1cc([N+](=O)[O-])c(Br)c[nH]1. The fourth-order valence-corrected chi connectivity index (χ4v) is 0.957. The summed E-state index contributed by atoms with van der Waals surface area (Å²) < 4.78 is 0.266. The van der Waals surface area contributed by atoms with Gasteiger partial charge >= 0.3 is 0 Å². The number of nitrogens with zero attached hydrogens (tertiary/aromatic N) is 1. The Labute approximate surface area is 69.3 Å². The largest absolute Gasteiger partial charge is 0.327 e. The Morgan fingerprint density at radius 2 is 2.27 bits per heavy atom. The second kappa shape index (κ2) is 2.83. The van der Waals surface area contributed by atoms with Crippen molar-refractivity contribution in [2.45, 2.75) is 0 Å². The van der Waals surface area contributed by atoms with Crippen LogP contribution < -0.4 is 5.56 Å². The first kappa shape index (κ1) is 7.93. The molecule has 1 rings (SSSR count). The number of aromatic nitrogens is 1. The summed E-state index contributed by atoms with van der Waals surface area (Å²) in [4.78, 5) is 22.4. The van der Waals surface area contributed by atoms with Crippen LogP contribution in [0.25, 0.3) is 0 Å². The van der Waals surface area contributed by atoms with Crippen molar-refractivity contribution in [3.05, 3.63) is 37.2 Å². The van der Waals surface area contributed by atoms with Gasteiger partial charge in [0.25, 0.3) is 11.2 Å². The molecule has 5 nitrogen and oxygen atoms in total. The van der Waals surface area contributed by atoms with Crippen molar-refractivity contribution in [1.29, 1.82) is 0 Å². The molecule has 0 unspecified atom stereocenters. The van der Waals surface area contributed by atoms with E-state index in [4.69, 9.17) is 0 Å². The van der Waals surface area contributed by atoms with Gasteiger partial charge in [-0.05, 0) is 15.9 Å². The number of aromatic amines is 1. The molecule has 0 fully saturated rings. The molecule has 0 radical (unpaired) electrons. The van der Waals surface area contributed by atoms with Gasteiger partial charge in [0.2, 0.25) is 0 Å². The Hall–Kier alpha value is -1.17. The van der Waals surface area contributed by atoms with E-state index in [1.54, 1.807) is 0 Å². The van der Waals surface area contributed by atoms with E-state index < -0.39 is 10.5 Å². The molecular weight excluding hydrogens is 216 g/mol. The standard InChI is InChI=1S/C5H3BrN2O3/c6-3-2-7-5(9)1-4(3)8(10)11/h1-2H,(H,7,9). The quantitative estimate of drug-likeness (QED) is 0.566. The van der Waals surface area contributed by atoms with Gasteiger partial charge in [0.1, 0.15) is 4.47 Å². The Morgan fingerprint density at radius 1 is 1.64 bits per heavy atom. The average molecular weight is 219 g/mol. The first-order chi connectivity index (χ1) is 5.11. The molecule has 0 saturated carbocycles. The summed E-state index contributed by atoms with van der Waals surface area (Å²) in [5.74, 6) is 0. The Bertz CT molecular complexity index is 346. The van der Waals surface area contributed by atoms with E-state index in [9.17, 15) is 14.9 Å². The molecule has 6 heteroatoms. The number of rotatable bonds is 1. The van der Waals surface area contributed by atoms with E-state index in [0.29, 0.717) is 0 Å². The summed E-state index contributed by atoms with van der Waals surface area (Å²) in [6.07, 6.45) is 1.24. The molecule has 1 heterocycles. The lowest BCUT2D eigenvalue weighted by Gasteiger charge is -1.91. The summed E-state index contributed by atoms with van der Waals surface area (Å²) in [5.41, 5.74) is -0.714. The highest BCUT2D eigenvalue weighted by Gasteiger charge is 2.10. The van der Waals surface area contributed by atoms with Crippen LogP contribution in [0.1, 0.15) is 0 Å². The van der Waals surface area contributed by atoms with Crippen LogP contribution in [0.5, 0.6) is 0 Å². The zero-order chi connectivity index (χ0) is 8.43. The molecule has 0 aliphatic rings. The van der Waals surface area contributed by atoms with Gasteiger partial charge in [-0.3, -0.25) is 14.9 Å². The number of H-pyrrole nitrogens is 1. The lowest BCUT2D eigenvalue weighted by atomic mass is 10.4. The van der Waals surface area contributed by atoms with E-state index in [0.717, 1.165) is 6.07 Å². The summed E-state index contributed by atoms with van der Waals surface area (Å²) in [6, 6.07) is 0.921. The van der Waals surface area contributed by atoms with Crippen molar-refractivity contribution in [1.82, 2.24) is 4.98 Å². The fourth-order valence-electron chi connectivity index (χ4n) is 0.583. The first-order valence-corrected chi connectivity index (χ1v) is 3.43. The highest BCUT2D eigenvalue weighted by Crippen LogP contribution is 2.20. The second-order valence-corrected chi connectivity index (χ2v) is 2.64. The second-order valence-electron chi connectivity index (χ2n) is 1.79. The summed E-state index contributed by atoms with van der Waals surface area (Å²) in [5, 5.41) is 10.2. The zero-order valence-electron chi connectivity index (χ0n) is 5.20. The molecule has 0 aliphatic carbocycles. The molecule has 1 N–H and O–H groups in total. The van der Waals surface area contributed by atoms with Gasteiger partial charge < -0.3 is 4.98 Å². The molecule has 0 spiro atoms. The number of halogens is 1. The minimum absolute atomic E-state index is 0.228. The van der Waals surface area contributed by atoms with Crippen molar-refractivity contribution < 1.29 is 4.92 Å². The number of hydrogen-bond donors (Lipinski definition) is 1. The van der Waals surface area contributed by atoms with E-state index in [1.165, 1.54) is 6.20 Å². The average Bonchev–Trinajstić information content (AvgIpc) is 1.94. The van der Waals surface area contributed by atoms with Crippen LogP contribution >= 0.6 is 15.9 Å². The summed E-state index contributed by atoms with van der Waals surface area (Å²) >= 11 is 2.92. The van der Waals surface area contributed by atoms with Crippen LogP contribution in [0.4, 0.5) is 5.69 Å². The predicted molar refractivity (Wildman–Crippen MR) is 41.4 cm³/mol. The summed E-state index contributed by atoms with van der Waals surface area (Å²) in [6.45, 7) is 0. The summed E-state index contributed by atoms with van der Waals surface area (Å²) in [7, 11) is 0. The highest BCUT2D eigenvalue weighted by molar-refractivity contribution is 9.10. The third kappa shape index (κ3) is 1.64. The van der Waals surface area contributed by atoms with Gasteiger partial charge in [-0.25, -0.2) is 0 Å². The smallest absolute Gasteiger partial charge is 0.290 e. The lowest BCUT2D eigenvalue weighted by Crippen LogP contribution is -2.04. The molecule has 0 amide bonds. The van der Waals surface area contributed by atoms with Gasteiger partial charge in [0.15, 0.2) is 0 Å². The van der Waals surface area contributed by atoms with Crippen LogP contribution in [0.15, 0.2) is 21.5 Å². The molecule has 0 aromatic carbocycles. The fraction of sp³-hybridized carbons (Fsp3) is 0. The Morgan fingerprint density at radius 3 is 2.73 bits per heavy atom. The van der Waals surface area contributed by atoms with Crippen molar-refractivity contribution in [2.24, 2.45) is 0 Å². The third-order valence-electron chi connectivity index (χ3n) is 1.05. The maximum atomic E-state index is 10.6. The van der Waals surface area contributed by atoms with Gasteiger partial charge in [-0.2, -0.15) is 0 Å². The van der Waals surface area contributed by atoms with Gasteiger partial charge in [0.05, 0.1) is 11.0 Å². The molecular formula is C5H3BrN2O3. The highest BCUT2D eigenvalue weighted by atomic mass is 79.9. The van der Waals surface area contributed by atoms with E-state index in [1.807, 2.05) is 0 Å². The number of hydrogen-bond acceptors (Lipinski definition) is 3. The topological polar surface area (TPSA) is 76.0 Å². The van der Waals surface area contributed by atoms with Gasteiger partial charge in [-0.15, -0.1) is 0 Å². The van der Waals surface area contributed by atoms with Crippen LogP contribution in [-0.4, -0.2) is 9.91 Å². The lowest BCUT2D eigenvalue weighted by molar-refractivity contribution is -0.385. The van der Waals surface area contributed by atoms with Crippen molar-refractivity contribution in [2.75, 3.05) is 0 Å². The van der Waals surface area contributed by atoms with Crippen molar-refractivity contribution >= 4 is 21.6 Å². The van der Waals surface area contributed by atoms with E-state index in [2.05, 4.69) is 20.9 Å². The van der Waals surface area contributed by atoms with Crippen LogP contribution in [0.2, 0.25) is 0 Å². The maximum absolute atomic E-state index is 10.6. The molecule has 58 valence electrons. The number of pyridine rings is 1. The minimum atomic E-state index is -0.626. The number of nitro groups is 1. The predicted octanol–water partition coefficient (Wildman–Crippen LogP) is 1.05. The Kier molecular flexibility index (Phi) is 2.04. The zero-order valence-corrected chi connectivity index (χ0v) is 6.79. The molecule has 0 aliphatic heterocycles. The normalized spacial score (nSPS) is 9.55. The van der Waals surface area contributed by atoms with Crippen molar-refractivity contribution in [3.8, 4) is 0 Å². The molecule has 0 saturated heterocycles. The molecule has 0 atom stereocenters. The van der Waals surface area contributed by atoms with Gasteiger partial charge in [-0.1, -0.05) is 0 Å². The maximum Gasteiger partial charge on any atom is 0.290 e. The van der Waals surface area contributed by atoms with E-state index in [-0.39, 0.29) is 10.2 Å². The van der Waals surface area contributed by atoms with Gasteiger partial charge in [0, 0.05) is 6.20 Å². The molecule has 1 aromatic heterocycles. The third-order valence-corrected chi connectivity index (χ3v) is 1.69. The number of nitrogens with one attached hydrogen (secondary N) is 1. The molecule has 0 bridgehead atoms. The van der Waals surface area contributed by atoms with Crippen LogP contribution in [0.3, 0.4) is 0 Å². The molecule has 1 aromatic rings. The van der Waals surface area contributed by atoms with Crippen LogP contribution in [-0.2, 0) is 0 Å². The molecule has 11 heavy (non-hydrogen) atoms. The minimum Gasteiger partial charge on any atom is -0.327 e. The first-order valence-electron chi connectivity index (χ1n) is 2.64. The Balaban J connectivity index is 3.35. The van der Waals surface area contributed by atoms with Crippen molar-refractivity contribution in [3.63, 3.8) is 0 Å². The van der Waals surface area contributed by atoms with E-state index >= 15 is 0 Å². The monoisotopic (exact) mass is 218 g/mol. The van der Waals surface area contributed by atoms with Crippen LogP contribution in [0, 0.1) is 10.1 Å².